The Labute approximate surface area is 128 Å². The van der Waals surface area contributed by atoms with Crippen molar-refractivity contribution in [3.05, 3.63) is 38.8 Å². The van der Waals surface area contributed by atoms with Crippen LogP contribution in [0.1, 0.15) is 10.5 Å². The van der Waals surface area contributed by atoms with Crippen molar-refractivity contribution in [2.45, 2.75) is 4.90 Å². The molecule has 0 aliphatic carbocycles. The van der Waals surface area contributed by atoms with E-state index in [2.05, 4.69) is 9.71 Å². The highest BCUT2D eigenvalue weighted by Crippen LogP contribution is 2.35. The Balaban J connectivity index is 2.36. The fourth-order valence-corrected chi connectivity index (χ4v) is 4.53. The van der Waals surface area contributed by atoms with Crippen LogP contribution in [0.3, 0.4) is 0 Å². The number of halogens is 2. The summed E-state index contributed by atoms with van der Waals surface area (Å²) >= 11 is 12.4. The summed E-state index contributed by atoms with van der Waals surface area (Å²) in [5, 5.41) is 8.80. The van der Waals surface area contributed by atoms with Crippen LogP contribution in [0, 0.1) is 0 Å². The Bertz CT molecular complexity index is 773. The third-order valence-corrected chi connectivity index (χ3v) is 5.28. The molecule has 0 aliphatic rings. The number of aromatic nitrogens is 1. The minimum atomic E-state index is -3.94. The van der Waals surface area contributed by atoms with Crippen LogP contribution in [0.4, 0.5) is 5.69 Å². The fraction of sp³-hybridized carbons (Fsp3) is 0. The number of hydrogen-bond acceptors (Lipinski definition) is 5. The van der Waals surface area contributed by atoms with Crippen molar-refractivity contribution in [3.8, 4) is 0 Å². The van der Waals surface area contributed by atoms with E-state index in [9.17, 15) is 13.2 Å². The molecule has 0 atom stereocenters. The maximum absolute atomic E-state index is 12.1. The molecule has 0 aromatic carbocycles. The van der Waals surface area contributed by atoms with Crippen LogP contribution in [0.2, 0.25) is 8.67 Å². The maximum Gasteiger partial charge on any atom is 0.354 e. The van der Waals surface area contributed by atoms with Crippen molar-refractivity contribution in [3.63, 3.8) is 0 Å². The van der Waals surface area contributed by atoms with E-state index in [1.807, 2.05) is 0 Å². The third kappa shape index (κ3) is 3.21. The van der Waals surface area contributed by atoms with Crippen LogP contribution in [-0.2, 0) is 10.0 Å². The van der Waals surface area contributed by atoms with E-state index < -0.39 is 16.0 Å². The topological polar surface area (TPSA) is 96.4 Å². The summed E-state index contributed by atoms with van der Waals surface area (Å²) in [5.41, 5.74) is -0.213. The number of nitrogens with one attached hydrogen (secondary N) is 1. The van der Waals surface area contributed by atoms with Crippen LogP contribution in [0.5, 0.6) is 0 Å². The lowest BCUT2D eigenvalue weighted by Crippen LogP contribution is -2.13. The number of aromatic carboxylic acids is 1. The van der Waals surface area contributed by atoms with E-state index in [4.69, 9.17) is 28.3 Å². The van der Waals surface area contributed by atoms with Crippen LogP contribution in [0.15, 0.2) is 29.3 Å². The highest BCUT2D eigenvalue weighted by molar-refractivity contribution is 7.93. The number of anilines is 1. The molecule has 2 rings (SSSR count). The number of thiophene rings is 1. The molecule has 0 spiro atoms. The smallest absolute Gasteiger partial charge is 0.354 e. The number of carboxylic acids is 1. The zero-order valence-corrected chi connectivity index (χ0v) is 12.6. The average Bonchev–Trinajstić information content (AvgIpc) is 2.69. The van der Waals surface area contributed by atoms with Gasteiger partial charge in [-0.3, -0.25) is 4.72 Å². The minimum absolute atomic E-state index is 0.0232. The quantitative estimate of drug-likeness (QED) is 0.881. The lowest BCUT2D eigenvalue weighted by atomic mass is 10.3. The number of rotatable bonds is 4. The van der Waals surface area contributed by atoms with Crippen LogP contribution in [-0.4, -0.2) is 24.5 Å². The molecule has 10 heteroatoms. The van der Waals surface area contributed by atoms with Gasteiger partial charge in [-0.25, -0.2) is 18.2 Å². The van der Waals surface area contributed by atoms with Gasteiger partial charge in [-0.15, -0.1) is 11.3 Å². The first-order chi connectivity index (χ1) is 9.29. The van der Waals surface area contributed by atoms with Crippen molar-refractivity contribution >= 4 is 56.2 Å². The van der Waals surface area contributed by atoms with Gasteiger partial charge < -0.3 is 5.11 Å². The monoisotopic (exact) mass is 352 g/mol. The minimum Gasteiger partial charge on any atom is -0.477 e. The highest BCUT2D eigenvalue weighted by atomic mass is 35.5. The molecule has 0 fully saturated rings. The predicted molar refractivity (Wildman–Crippen MR) is 76.3 cm³/mol. The summed E-state index contributed by atoms with van der Waals surface area (Å²) in [6.45, 7) is 0. The van der Waals surface area contributed by atoms with Crippen LogP contribution >= 0.6 is 34.5 Å². The first-order valence-electron chi connectivity index (χ1n) is 4.96. The van der Waals surface area contributed by atoms with E-state index in [1.165, 1.54) is 18.3 Å². The summed E-state index contributed by atoms with van der Waals surface area (Å²) in [4.78, 5) is 14.2. The Morgan fingerprint density at radius 1 is 1.35 bits per heavy atom. The van der Waals surface area contributed by atoms with Crippen molar-refractivity contribution < 1.29 is 18.3 Å². The molecule has 2 aromatic rings. The van der Waals surface area contributed by atoms with Gasteiger partial charge in [-0.05, 0) is 18.2 Å². The van der Waals surface area contributed by atoms with E-state index in [0.717, 1.165) is 17.4 Å². The molecule has 106 valence electrons. The first kappa shape index (κ1) is 15.0. The van der Waals surface area contributed by atoms with E-state index in [1.54, 1.807) is 0 Å². The number of carbonyl (C=O) groups is 1. The molecule has 20 heavy (non-hydrogen) atoms. The molecule has 0 radical (unpaired) electrons. The number of pyridine rings is 1. The van der Waals surface area contributed by atoms with E-state index >= 15 is 0 Å². The van der Waals surface area contributed by atoms with Gasteiger partial charge in [0.25, 0.3) is 10.0 Å². The lowest BCUT2D eigenvalue weighted by Gasteiger charge is -2.07. The molecule has 0 bridgehead atoms. The standard InChI is InChI=1S/C10H6Cl2N2O4S2/c11-8-4-7(9(12)19-8)20(17,18)14-5-1-2-13-6(3-5)10(15)16/h1-4H,(H,13,14)(H,15,16). The summed E-state index contributed by atoms with van der Waals surface area (Å²) < 4.78 is 26.7. The van der Waals surface area contributed by atoms with Gasteiger partial charge in [0.05, 0.1) is 10.0 Å². The third-order valence-electron chi connectivity index (χ3n) is 2.15. The number of nitrogens with zero attached hydrogens (tertiary/aromatic N) is 1. The average molecular weight is 353 g/mol. The number of hydrogen-bond donors (Lipinski definition) is 2. The summed E-state index contributed by atoms with van der Waals surface area (Å²) in [6, 6.07) is 3.64. The molecule has 0 aliphatic heterocycles. The van der Waals surface area contributed by atoms with Crippen molar-refractivity contribution in [2.24, 2.45) is 0 Å². The lowest BCUT2D eigenvalue weighted by molar-refractivity contribution is 0.0690. The normalized spacial score (nSPS) is 11.3. The Morgan fingerprint density at radius 2 is 2.05 bits per heavy atom. The fourth-order valence-electron chi connectivity index (χ4n) is 1.33. The second-order valence-corrected chi connectivity index (χ2v) is 7.47. The Hall–Kier alpha value is -1.35. The molecule has 0 saturated carbocycles. The van der Waals surface area contributed by atoms with E-state index in [0.29, 0.717) is 0 Å². The highest BCUT2D eigenvalue weighted by Gasteiger charge is 2.21. The van der Waals surface area contributed by atoms with E-state index in [-0.39, 0.29) is 24.9 Å². The molecule has 2 aromatic heterocycles. The molecule has 0 amide bonds. The summed E-state index contributed by atoms with van der Waals surface area (Å²) in [5.74, 6) is -1.26. The van der Waals surface area contributed by atoms with Gasteiger partial charge in [-0.1, -0.05) is 23.2 Å². The Kier molecular flexibility index (Phi) is 4.19. The second kappa shape index (κ2) is 5.57. The predicted octanol–water partition coefficient (Wildman–Crippen LogP) is 2.95. The molecule has 0 unspecified atom stereocenters. The molecule has 2 heterocycles. The van der Waals surface area contributed by atoms with Gasteiger partial charge >= 0.3 is 5.97 Å². The van der Waals surface area contributed by atoms with Gasteiger partial charge in [-0.2, -0.15) is 0 Å². The van der Waals surface area contributed by atoms with Gasteiger partial charge in [0.2, 0.25) is 0 Å². The van der Waals surface area contributed by atoms with Crippen molar-refractivity contribution in [1.82, 2.24) is 4.98 Å². The SMILES string of the molecule is O=C(O)c1cc(NS(=O)(=O)c2cc(Cl)sc2Cl)ccn1. The summed E-state index contributed by atoms with van der Waals surface area (Å²) in [7, 11) is -3.94. The van der Waals surface area contributed by atoms with Gasteiger partial charge in [0, 0.05) is 6.20 Å². The van der Waals surface area contributed by atoms with Crippen molar-refractivity contribution in [1.29, 1.82) is 0 Å². The zero-order valence-electron chi connectivity index (χ0n) is 9.50. The maximum atomic E-state index is 12.1. The number of carboxylic acid groups (broad SMARTS) is 1. The largest absolute Gasteiger partial charge is 0.477 e. The van der Waals surface area contributed by atoms with Gasteiger partial charge in [0.15, 0.2) is 0 Å². The molecular weight excluding hydrogens is 347 g/mol. The van der Waals surface area contributed by atoms with Crippen molar-refractivity contribution in [2.75, 3.05) is 4.72 Å². The summed E-state index contributed by atoms with van der Waals surface area (Å²) in [6.07, 6.45) is 1.18. The first-order valence-corrected chi connectivity index (χ1v) is 8.02. The zero-order chi connectivity index (χ0) is 14.9. The van der Waals surface area contributed by atoms with Crippen LogP contribution in [0.25, 0.3) is 0 Å². The van der Waals surface area contributed by atoms with Crippen LogP contribution < -0.4 is 4.72 Å². The molecule has 2 N–H and O–H groups in total. The number of sulfonamides is 1. The van der Waals surface area contributed by atoms with Gasteiger partial charge in [0.1, 0.15) is 14.9 Å². The second-order valence-electron chi connectivity index (χ2n) is 3.53. The molecule has 6 nitrogen and oxygen atoms in total. The molecule has 0 saturated heterocycles. The molecular formula is C10H6Cl2N2O4S2. The Morgan fingerprint density at radius 3 is 2.60 bits per heavy atom.